The van der Waals surface area contributed by atoms with Crippen LogP contribution in [0.1, 0.15) is 19.4 Å². The van der Waals surface area contributed by atoms with Crippen molar-refractivity contribution in [1.82, 2.24) is 0 Å². The third-order valence-corrected chi connectivity index (χ3v) is 2.37. The maximum atomic E-state index is 14.0. The highest BCUT2D eigenvalue weighted by Crippen LogP contribution is 2.35. The lowest BCUT2D eigenvalue weighted by atomic mass is 9.95. The van der Waals surface area contributed by atoms with Gasteiger partial charge < -0.3 is 15.2 Å². The summed E-state index contributed by atoms with van der Waals surface area (Å²) >= 11 is 0. The SMILES string of the molecule is CC(C)(N)Cc1ccc2c(c1F)OCCO2. The van der Waals surface area contributed by atoms with Crippen LogP contribution in [0.2, 0.25) is 0 Å². The molecule has 1 aromatic carbocycles. The molecule has 1 aliphatic rings. The van der Waals surface area contributed by atoms with Crippen LogP contribution in [0.4, 0.5) is 4.39 Å². The monoisotopic (exact) mass is 225 g/mol. The minimum absolute atomic E-state index is 0.216. The molecule has 0 bridgehead atoms. The van der Waals surface area contributed by atoms with Gasteiger partial charge in [0.15, 0.2) is 17.3 Å². The molecular weight excluding hydrogens is 209 g/mol. The lowest BCUT2D eigenvalue weighted by Gasteiger charge is -2.23. The fourth-order valence-electron chi connectivity index (χ4n) is 1.75. The van der Waals surface area contributed by atoms with E-state index in [0.29, 0.717) is 30.9 Å². The fourth-order valence-corrected chi connectivity index (χ4v) is 1.75. The number of ether oxygens (including phenoxy) is 2. The van der Waals surface area contributed by atoms with Crippen LogP contribution in [0, 0.1) is 5.82 Å². The molecule has 1 aliphatic heterocycles. The maximum absolute atomic E-state index is 14.0. The molecule has 3 nitrogen and oxygen atoms in total. The Bertz CT molecular complexity index is 399. The zero-order valence-corrected chi connectivity index (χ0v) is 9.55. The molecular formula is C12H16FNO2. The predicted octanol–water partition coefficient (Wildman–Crippen LogP) is 1.88. The Kier molecular flexibility index (Phi) is 2.76. The molecule has 2 N–H and O–H groups in total. The van der Waals surface area contributed by atoms with E-state index in [9.17, 15) is 4.39 Å². The Labute approximate surface area is 94.3 Å². The molecule has 2 rings (SSSR count). The van der Waals surface area contributed by atoms with Crippen molar-refractivity contribution in [2.45, 2.75) is 25.8 Å². The first-order valence-corrected chi connectivity index (χ1v) is 5.33. The van der Waals surface area contributed by atoms with Gasteiger partial charge in [0, 0.05) is 5.54 Å². The zero-order valence-electron chi connectivity index (χ0n) is 9.55. The zero-order chi connectivity index (χ0) is 11.8. The Morgan fingerprint density at radius 1 is 1.31 bits per heavy atom. The third kappa shape index (κ3) is 2.27. The molecule has 0 amide bonds. The largest absolute Gasteiger partial charge is 0.486 e. The number of benzene rings is 1. The van der Waals surface area contributed by atoms with E-state index in [1.165, 1.54) is 0 Å². The molecule has 88 valence electrons. The molecule has 0 aliphatic carbocycles. The fraction of sp³-hybridized carbons (Fsp3) is 0.500. The lowest BCUT2D eigenvalue weighted by molar-refractivity contribution is 0.163. The van der Waals surface area contributed by atoms with Crippen molar-refractivity contribution < 1.29 is 13.9 Å². The van der Waals surface area contributed by atoms with Crippen LogP contribution in [0.15, 0.2) is 12.1 Å². The minimum atomic E-state index is -0.440. The molecule has 0 aromatic heterocycles. The van der Waals surface area contributed by atoms with Crippen molar-refractivity contribution in [2.24, 2.45) is 5.73 Å². The van der Waals surface area contributed by atoms with Gasteiger partial charge in [0.1, 0.15) is 13.2 Å². The second-order valence-corrected chi connectivity index (χ2v) is 4.73. The minimum Gasteiger partial charge on any atom is -0.486 e. The van der Waals surface area contributed by atoms with E-state index in [4.69, 9.17) is 15.2 Å². The summed E-state index contributed by atoms with van der Waals surface area (Å²) < 4.78 is 24.6. The second-order valence-electron chi connectivity index (χ2n) is 4.73. The molecule has 0 saturated carbocycles. The number of nitrogens with two attached hydrogens (primary N) is 1. The summed E-state index contributed by atoms with van der Waals surface area (Å²) in [5.41, 5.74) is 6.00. The van der Waals surface area contributed by atoms with Gasteiger partial charge in [-0.3, -0.25) is 0 Å². The van der Waals surface area contributed by atoms with Crippen molar-refractivity contribution in [2.75, 3.05) is 13.2 Å². The van der Waals surface area contributed by atoms with E-state index < -0.39 is 5.54 Å². The standard InChI is InChI=1S/C12H16FNO2/c1-12(2,14)7-8-3-4-9-11(10(8)13)16-6-5-15-9/h3-4H,5-7,14H2,1-2H3. The van der Waals surface area contributed by atoms with Crippen LogP contribution in [0.25, 0.3) is 0 Å². The van der Waals surface area contributed by atoms with Crippen LogP contribution in [-0.2, 0) is 6.42 Å². The Hall–Kier alpha value is -1.29. The summed E-state index contributed by atoms with van der Waals surface area (Å²) in [5, 5.41) is 0. The van der Waals surface area contributed by atoms with Crippen LogP contribution >= 0.6 is 0 Å². The van der Waals surface area contributed by atoms with Crippen molar-refractivity contribution in [3.8, 4) is 11.5 Å². The molecule has 0 unspecified atom stereocenters. The van der Waals surface area contributed by atoms with E-state index in [2.05, 4.69) is 0 Å². The van der Waals surface area contributed by atoms with E-state index in [1.54, 1.807) is 12.1 Å². The lowest BCUT2D eigenvalue weighted by Crippen LogP contribution is -2.34. The summed E-state index contributed by atoms with van der Waals surface area (Å²) in [4.78, 5) is 0. The Morgan fingerprint density at radius 2 is 2.00 bits per heavy atom. The average molecular weight is 225 g/mol. The van der Waals surface area contributed by atoms with E-state index in [0.717, 1.165) is 0 Å². The van der Waals surface area contributed by atoms with Crippen LogP contribution < -0.4 is 15.2 Å². The molecule has 0 saturated heterocycles. The maximum Gasteiger partial charge on any atom is 0.197 e. The van der Waals surface area contributed by atoms with Crippen LogP contribution in [0.5, 0.6) is 11.5 Å². The summed E-state index contributed by atoms with van der Waals surface area (Å²) in [6.07, 6.45) is 0.468. The van der Waals surface area contributed by atoms with Gasteiger partial charge in [0.05, 0.1) is 0 Å². The van der Waals surface area contributed by atoms with E-state index in [1.807, 2.05) is 13.8 Å². The number of halogens is 1. The summed E-state index contributed by atoms with van der Waals surface area (Å²) in [6.45, 7) is 4.58. The summed E-state index contributed by atoms with van der Waals surface area (Å²) in [6, 6.07) is 3.44. The van der Waals surface area contributed by atoms with Gasteiger partial charge in [0.2, 0.25) is 0 Å². The number of hydrogen-bond acceptors (Lipinski definition) is 3. The highest BCUT2D eigenvalue weighted by Gasteiger charge is 2.22. The number of rotatable bonds is 2. The van der Waals surface area contributed by atoms with Crippen molar-refractivity contribution in [3.63, 3.8) is 0 Å². The highest BCUT2D eigenvalue weighted by molar-refractivity contribution is 5.45. The molecule has 1 aromatic rings. The van der Waals surface area contributed by atoms with Crippen LogP contribution in [0.3, 0.4) is 0 Å². The Morgan fingerprint density at radius 3 is 2.69 bits per heavy atom. The van der Waals surface area contributed by atoms with Crippen LogP contribution in [-0.4, -0.2) is 18.8 Å². The number of hydrogen-bond donors (Lipinski definition) is 1. The van der Waals surface area contributed by atoms with E-state index in [-0.39, 0.29) is 11.6 Å². The molecule has 0 fully saturated rings. The third-order valence-electron chi connectivity index (χ3n) is 2.37. The predicted molar refractivity (Wildman–Crippen MR) is 59.4 cm³/mol. The second kappa shape index (κ2) is 3.94. The van der Waals surface area contributed by atoms with Gasteiger partial charge in [0.25, 0.3) is 0 Å². The van der Waals surface area contributed by atoms with Gasteiger partial charge in [-0.2, -0.15) is 0 Å². The van der Waals surface area contributed by atoms with Gasteiger partial charge in [-0.1, -0.05) is 6.07 Å². The van der Waals surface area contributed by atoms with Gasteiger partial charge in [-0.15, -0.1) is 0 Å². The first-order valence-electron chi connectivity index (χ1n) is 5.33. The normalized spacial score (nSPS) is 15.0. The van der Waals surface area contributed by atoms with Gasteiger partial charge in [-0.25, -0.2) is 4.39 Å². The number of fused-ring (bicyclic) bond motifs is 1. The van der Waals surface area contributed by atoms with E-state index >= 15 is 0 Å². The molecule has 1 heterocycles. The molecule has 0 atom stereocenters. The molecule has 0 spiro atoms. The highest BCUT2D eigenvalue weighted by atomic mass is 19.1. The van der Waals surface area contributed by atoms with Gasteiger partial charge >= 0.3 is 0 Å². The van der Waals surface area contributed by atoms with Crippen molar-refractivity contribution in [1.29, 1.82) is 0 Å². The molecule has 0 radical (unpaired) electrons. The molecule has 4 heteroatoms. The summed E-state index contributed by atoms with van der Waals surface area (Å²) in [7, 11) is 0. The molecule has 16 heavy (non-hydrogen) atoms. The summed E-state index contributed by atoms with van der Waals surface area (Å²) in [5.74, 6) is 0.339. The topological polar surface area (TPSA) is 44.5 Å². The first kappa shape index (κ1) is 11.2. The average Bonchev–Trinajstić information content (AvgIpc) is 2.21. The first-order chi connectivity index (χ1) is 7.47. The quantitative estimate of drug-likeness (QED) is 0.835. The van der Waals surface area contributed by atoms with Crippen molar-refractivity contribution >= 4 is 0 Å². The van der Waals surface area contributed by atoms with Crippen molar-refractivity contribution in [3.05, 3.63) is 23.5 Å². The smallest absolute Gasteiger partial charge is 0.197 e. The van der Waals surface area contributed by atoms with Gasteiger partial charge in [-0.05, 0) is 31.9 Å². The Balaban J connectivity index is 2.34.